The SMILES string of the molecule is C/C=C\C1(O)CC2CCC(C1)N2. The minimum absolute atomic E-state index is 0.508. The zero-order chi connectivity index (χ0) is 8.60. The van der Waals surface area contributed by atoms with E-state index < -0.39 is 5.60 Å². The van der Waals surface area contributed by atoms with Crippen LogP contribution in [-0.4, -0.2) is 22.8 Å². The number of piperidine rings is 1. The van der Waals surface area contributed by atoms with Crippen LogP contribution in [0, 0.1) is 0 Å². The number of nitrogens with one attached hydrogen (secondary N) is 1. The van der Waals surface area contributed by atoms with Crippen LogP contribution in [0.15, 0.2) is 12.2 Å². The molecular formula is C10H17NO. The molecule has 2 heterocycles. The lowest BCUT2D eigenvalue weighted by Gasteiger charge is -2.34. The van der Waals surface area contributed by atoms with E-state index in [0.717, 1.165) is 12.8 Å². The molecular weight excluding hydrogens is 150 g/mol. The molecule has 2 rings (SSSR count). The topological polar surface area (TPSA) is 32.3 Å². The fourth-order valence-corrected chi connectivity index (χ4v) is 2.61. The summed E-state index contributed by atoms with van der Waals surface area (Å²) in [5.41, 5.74) is -0.508. The summed E-state index contributed by atoms with van der Waals surface area (Å²) in [6.45, 7) is 1.97. The average molecular weight is 167 g/mol. The Kier molecular flexibility index (Phi) is 1.97. The van der Waals surface area contributed by atoms with Crippen LogP contribution in [0.1, 0.15) is 32.6 Å². The molecule has 2 aliphatic heterocycles. The molecule has 2 N–H and O–H groups in total. The van der Waals surface area contributed by atoms with E-state index in [2.05, 4.69) is 5.32 Å². The Balaban J connectivity index is 2.10. The Morgan fingerprint density at radius 2 is 1.92 bits per heavy atom. The first-order valence-electron chi connectivity index (χ1n) is 4.84. The van der Waals surface area contributed by atoms with Gasteiger partial charge in [0.15, 0.2) is 0 Å². The van der Waals surface area contributed by atoms with Crippen molar-refractivity contribution in [2.75, 3.05) is 0 Å². The highest BCUT2D eigenvalue weighted by atomic mass is 16.3. The Bertz CT molecular complexity index is 188. The highest BCUT2D eigenvalue weighted by Crippen LogP contribution is 2.34. The van der Waals surface area contributed by atoms with Gasteiger partial charge < -0.3 is 10.4 Å². The van der Waals surface area contributed by atoms with E-state index in [1.54, 1.807) is 0 Å². The van der Waals surface area contributed by atoms with Gasteiger partial charge in [-0.3, -0.25) is 0 Å². The molecule has 0 aromatic carbocycles. The first-order chi connectivity index (χ1) is 5.72. The van der Waals surface area contributed by atoms with Crippen molar-refractivity contribution >= 4 is 0 Å². The third-order valence-electron chi connectivity index (χ3n) is 3.01. The average Bonchev–Trinajstić information content (AvgIpc) is 2.31. The maximum atomic E-state index is 10.1. The maximum absolute atomic E-state index is 10.1. The number of hydrogen-bond acceptors (Lipinski definition) is 2. The van der Waals surface area contributed by atoms with Crippen LogP contribution in [0.2, 0.25) is 0 Å². The Morgan fingerprint density at radius 3 is 2.42 bits per heavy atom. The first kappa shape index (κ1) is 8.27. The standard InChI is InChI=1S/C10H17NO/c1-2-5-10(12)6-8-3-4-9(7-10)11-8/h2,5,8-9,11-12H,3-4,6-7H2,1H3/b5-2-. The second-order valence-electron chi connectivity index (χ2n) is 4.15. The molecule has 2 aliphatic rings. The molecule has 12 heavy (non-hydrogen) atoms. The van der Waals surface area contributed by atoms with Gasteiger partial charge in [-0.1, -0.05) is 12.2 Å². The Morgan fingerprint density at radius 1 is 1.33 bits per heavy atom. The molecule has 2 unspecified atom stereocenters. The van der Waals surface area contributed by atoms with Crippen molar-refractivity contribution in [2.45, 2.75) is 50.3 Å². The van der Waals surface area contributed by atoms with Crippen molar-refractivity contribution in [3.8, 4) is 0 Å². The lowest BCUT2D eigenvalue weighted by molar-refractivity contribution is 0.0387. The number of allylic oxidation sites excluding steroid dienone is 1. The minimum Gasteiger partial charge on any atom is -0.386 e. The highest BCUT2D eigenvalue weighted by molar-refractivity contribution is 5.09. The molecule has 2 saturated heterocycles. The predicted octanol–water partition coefficient (Wildman–Crippen LogP) is 1.21. The summed E-state index contributed by atoms with van der Waals surface area (Å²) in [5, 5.41) is 13.6. The first-order valence-corrected chi connectivity index (χ1v) is 4.84. The highest BCUT2D eigenvalue weighted by Gasteiger charge is 2.40. The van der Waals surface area contributed by atoms with Gasteiger partial charge in [0.25, 0.3) is 0 Å². The normalized spacial score (nSPS) is 47.2. The summed E-state index contributed by atoms with van der Waals surface area (Å²) < 4.78 is 0. The Labute approximate surface area is 73.7 Å². The van der Waals surface area contributed by atoms with Crippen molar-refractivity contribution in [3.63, 3.8) is 0 Å². The van der Waals surface area contributed by atoms with E-state index in [1.807, 2.05) is 19.1 Å². The molecule has 2 fully saturated rings. The van der Waals surface area contributed by atoms with E-state index in [4.69, 9.17) is 0 Å². The van der Waals surface area contributed by atoms with Crippen LogP contribution in [0.5, 0.6) is 0 Å². The molecule has 2 bridgehead atoms. The van der Waals surface area contributed by atoms with Crippen LogP contribution in [0.4, 0.5) is 0 Å². The molecule has 0 aromatic heterocycles. The second kappa shape index (κ2) is 2.86. The Hall–Kier alpha value is -0.340. The number of hydrogen-bond donors (Lipinski definition) is 2. The number of aliphatic hydroxyl groups is 1. The van der Waals surface area contributed by atoms with Gasteiger partial charge in [-0.15, -0.1) is 0 Å². The molecule has 2 heteroatoms. The molecule has 68 valence electrons. The van der Waals surface area contributed by atoms with Crippen LogP contribution in [0.3, 0.4) is 0 Å². The van der Waals surface area contributed by atoms with Crippen molar-refractivity contribution in [3.05, 3.63) is 12.2 Å². The minimum atomic E-state index is -0.508. The predicted molar refractivity (Wildman–Crippen MR) is 48.9 cm³/mol. The monoisotopic (exact) mass is 167 g/mol. The van der Waals surface area contributed by atoms with Gasteiger partial charge in [0, 0.05) is 12.1 Å². The van der Waals surface area contributed by atoms with Gasteiger partial charge in [0.05, 0.1) is 5.60 Å². The molecule has 0 amide bonds. The third-order valence-corrected chi connectivity index (χ3v) is 3.01. The van der Waals surface area contributed by atoms with Crippen molar-refractivity contribution < 1.29 is 5.11 Å². The summed E-state index contributed by atoms with van der Waals surface area (Å²) in [4.78, 5) is 0. The van der Waals surface area contributed by atoms with Crippen LogP contribution in [-0.2, 0) is 0 Å². The van der Waals surface area contributed by atoms with Crippen LogP contribution in [0.25, 0.3) is 0 Å². The van der Waals surface area contributed by atoms with E-state index >= 15 is 0 Å². The van der Waals surface area contributed by atoms with Gasteiger partial charge in [-0.05, 0) is 32.6 Å². The van der Waals surface area contributed by atoms with Gasteiger partial charge in [0.1, 0.15) is 0 Å². The number of fused-ring (bicyclic) bond motifs is 2. The number of rotatable bonds is 1. The maximum Gasteiger partial charge on any atom is 0.0857 e. The zero-order valence-electron chi connectivity index (χ0n) is 7.59. The molecule has 2 atom stereocenters. The van der Waals surface area contributed by atoms with E-state index in [1.165, 1.54) is 12.8 Å². The van der Waals surface area contributed by atoms with Gasteiger partial charge in [-0.25, -0.2) is 0 Å². The second-order valence-corrected chi connectivity index (χ2v) is 4.15. The lowest BCUT2D eigenvalue weighted by Crippen LogP contribution is -2.47. The van der Waals surface area contributed by atoms with Crippen molar-refractivity contribution in [2.24, 2.45) is 0 Å². The zero-order valence-corrected chi connectivity index (χ0v) is 7.59. The van der Waals surface area contributed by atoms with E-state index in [9.17, 15) is 5.11 Å². The van der Waals surface area contributed by atoms with Gasteiger partial charge in [-0.2, -0.15) is 0 Å². The quantitative estimate of drug-likeness (QED) is 0.575. The third kappa shape index (κ3) is 1.41. The summed E-state index contributed by atoms with van der Waals surface area (Å²) in [7, 11) is 0. The van der Waals surface area contributed by atoms with E-state index in [0.29, 0.717) is 12.1 Å². The molecule has 2 nitrogen and oxygen atoms in total. The van der Waals surface area contributed by atoms with Gasteiger partial charge >= 0.3 is 0 Å². The lowest BCUT2D eigenvalue weighted by atomic mass is 9.87. The summed E-state index contributed by atoms with van der Waals surface area (Å²) >= 11 is 0. The van der Waals surface area contributed by atoms with Crippen LogP contribution < -0.4 is 5.32 Å². The van der Waals surface area contributed by atoms with Crippen molar-refractivity contribution in [1.29, 1.82) is 0 Å². The molecule has 0 aromatic rings. The molecule has 0 saturated carbocycles. The molecule has 0 aliphatic carbocycles. The summed E-state index contributed by atoms with van der Waals surface area (Å²) in [6, 6.07) is 1.12. The fraction of sp³-hybridized carbons (Fsp3) is 0.800. The van der Waals surface area contributed by atoms with Crippen molar-refractivity contribution in [1.82, 2.24) is 5.32 Å². The van der Waals surface area contributed by atoms with Gasteiger partial charge in [0.2, 0.25) is 0 Å². The van der Waals surface area contributed by atoms with E-state index in [-0.39, 0.29) is 0 Å². The summed E-state index contributed by atoms with van der Waals surface area (Å²) in [6.07, 6.45) is 8.20. The largest absolute Gasteiger partial charge is 0.386 e. The molecule has 0 radical (unpaired) electrons. The fourth-order valence-electron chi connectivity index (χ4n) is 2.61. The molecule has 0 spiro atoms. The van der Waals surface area contributed by atoms with Crippen LogP contribution >= 0.6 is 0 Å². The smallest absolute Gasteiger partial charge is 0.0857 e. The summed E-state index contributed by atoms with van der Waals surface area (Å²) in [5.74, 6) is 0.